The van der Waals surface area contributed by atoms with Crippen LogP contribution >= 0.6 is 11.6 Å². The summed E-state index contributed by atoms with van der Waals surface area (Å²) in [4.78, 5) is 23.3. The summed E-state index contributed by atoms with van der Waals surface area (Å²) in [5, 5.41) is 12.7. The molecule has 1 saturated heterocycles. The van der Waals surface area contributed by atoms with E-state index in [1.807, 2.05) is 24.3 Å². The van der Waals surface area contributed by atoms with Gasteiger partial charge in [-0.25, -0.2) is 4.79 Å². The van der Waals surface area contributed by atoms with E-state index in [0.717, 1.165) is 24.0 Å². The first-order valence-electron chi connectivity index (χ1n) is 8.91. The van der Waals surface area contributed by atoms with Gasteiger partial charge >= 0.3 is 5.97 Å². The molecular formula is C21H22ClNO4. The van der Waals surface area contributed by atoms with Crippen molar-refractivity contribution in [2.75, 3.05) is 19.8 Å². The summed E-state index contributed by atoms with van der Waals surface area (Å²) in [6, 6.07) is 14.2. The third kappa shape index (κ3) is 4.87. The first-order chi connectivity index (χ1) is 13.0. The van der Waals surface area contributed by atoms with Crippen LogP contribution < -0.4 is 5.32 Å². The van der Waals surface area contributed by atoms with Crippen molar-refractivity contribution in [3.63, 3.8) is 0 Å². The Morgan fingerprint density at radius 1 is 1.11 bits per heavy atom. The van der Waals surface area contributed by atoms with Gasteiger partial charge in [-0.3, -0.25) is 4.79 Å². The van der Waals surface area contributed by atoms with Gasteiger partial charge in [0.05, 0.1) is 12.0 Å². The van der Waals surface area contributed by atoms with Crippen LogP contribution in [0.5, 0.6) is 0 Å². The Balaban J connectivity index is 1.66. The zero-order valence-electron chi connectivity index (χ0n) is 14.9. The van der Waals surface area contributed by atoms with E-state index in [-0.39, 0.29) is 23.3 Å². The summed E-state index contributed by atoms with van der Waals surface area (Å²) in [5.74, 6) is -1.07. The number of carbonyl (C=O) groups excluding carboxylic acids is 1. The topological polar surface area (TPSA) is 75.6 Å². The molecule has 3 rings (SSSR count). The Morgan fingerprint density at radius 3 is 2.44 bits per heavy atom. The van der Waals surface area contributed by atoms with E-state index in [9.17, 15) is 9.59 Å². The van der Waals surface area contributed by atoms with Crippen LogP contribution in [0.25, 0.3) is 0 Å². The summed E-state index contributed by atoms with van der Waals surface area (Å²) in [6.45, 7) is 1.82. The highest BCUT2D eigenvalue weighted by Gasteiger charge is 2.35. The van der Waals surface area contributed by atoms with Gasteiger partial charge < -0.3 is 15.2 Å². The van der Waals surface area contributed by atoms with Crippen molar-refractivity contribution in [2.45, 2.75) is 24.7 Å². The molecule has 27 heavy (non-hydrogen) atoms. The summed E-state index contributed by atoms with van der Waals surface area (Å²) in [6.07, 6.45) is 1.85. The summed E-state index contributed by atoms with van der Waals surface area (Å²) in [5.41, 5.74) is 1.92. The van der Waals surface area contributed by atoms with Gasteiger partial charge in [-0.05, 0) is 48.2 Å². The van der Waals surface area contributed by atoms with Crippen molar-refractivity contribution in [2.24, 2.45) is 0 Å². The second-order valence-corrected chi connectivity index (χ2v) is 7.30. The lowest BCUT2D eigenvalue weighted by Crippen LogP contribution is -2.45. The summed E-state index contributed by atoms with van der Waals surface area (Å²) < 4.78 is 5.52. The zero-order valence-corrected chi connectivity index (χ0v) is 15.7. The van der Waals surface area contributed by atoms with Gasteiger partial charge in [0.2, 0.25) is 5.91 Å². The minimum Gasteiger partial charge on any atom is -0.478 e. The highest BCUT2D eigenvalue weighted by molar-refractivity contribution is 6.30. The maximum atomic E-state index is 12.4. The van der Waals surface area contributed by atoms with E-state index >= 15 is 0 Å². The predicted octanol–water partition coefficient (Wildman–Crippen LogP) is 3.45. The highest BCUT2D eigenvalue weighted by Crippen LogP contribution is 2.35. The first-order valence-corrected chi connectivity index (χ1v) is 9.29. The molecule has 0 aliphatic carbocycles. The molecule has 1 aliphatic rings. The van der Waals surface area contributed by atoms with Gasteiger partial charge in [-0.1, -0.05) is 35.9 Å². The van der Waals surface area contributed by atoms with Crippen LogP contribution in [0.2, 0.25) is 5.02 Å². The molecule has 1 aliphatic heterocycles. The van der Waals surface area contributed by atoms with E-state index in [1.165, 1.54) is 12.1 Å². The average molecular weight is 388 g/mol. The molecule has 0 unspecified atom stereocenters. The fourth-order valence-electron chi connectivity index (χ4n) is 3.43. The SMILES string of the molecule is O=C(Cc1ccc(C(=O)O)cc1)NCC1(c2cccc(Cl)c2)CCOCC1. The Bertz CT molecular complexity index is 813. The molecule has 142 valence electrons. The standard InChI is InChI=1S/C21H22ClNO4/c22-18-3-1-2-17(13-18)21(8-10-27-11-9-21)14-23-19(24)12-15-4-6-16(7-5-15)20(25)26/h1-7,13H,8-12,14H2,(H,23,24)(H,25,26). The number of ether oxygens (including phenoxy) is 1. The maximum Gasteiger partial charge on any atom is 0.335 e. The van der Waals surface area contributed by atoms with Crippen LogP contribution in [-0.4, -0.2) is 36.7 Å². The maximum absolute atomic E-state index is 12.4. The van der Waals surface area contributed by atoms with Crippen LogP contribution in [0.3, 0.4) is 0 Å². The number of benzene rings is 2. The Hall–Kier alpha value is -2.37. The van der Waals surface area contributed by atoms with Gasteiger partial charge in [0.1, 0.15) is 0 Å². The van der Waals surface area contributed by atoms with E-state index in [0.29, 0.717) is 24.8 Å². The third-order valence-electron chi connectivity index (χ3n) is 5.08. The van der Waals surface area contributed by atoms with Crippen LogP contribution in [0.1, 0.15) is 34.3 Å². The normalized spacial score (nSPS) is 15.9. The Kier molecular flexibility index (Phi) is 6.14. The second-order valence-electron chi connectivity index (χ2n) is 6.86. The fourth-order valence-corrected chi connectivity index (χ4v) is 3.62. The first kappa shape index (κ1) is 19.4. The summed E-state index contributed by atoms with van der Waals surface area (Å²) in [7, 11) is 0. The van der Waals surface area contributed by atoms with Gasteiger partial charge in [0, 0.05) is 30.2 Å². The van der Waals surface area contributed by atoms with E-state index in [2.05, 4.69) is 5.32 Å². The lowest BCUT2D eigenvalue weighted by atomic mass is 9.74. The average Bonchev–Trinajstić information content (AvgIpc) is 2.67. The van der Waals surface area contributed by atoms with Crippen molar-refractivity contribution < 1.29 is 19.4 Å². The molecule has 0 saturated carbocycles. The van der Waals surface area contributed by atoms with Crippen LogP contribution in [-0.2, 0) is 21.4 Å². The Labute approximate surface area is 163 Å². The number of rotatable bonds is 6. The molecule has 6 heteroatoms. The molecule has 1 amide bonds. The number of hydrogen-bond acceptors (Lipinski definition) is 3. The molecule has 5 nitrogen and oxygen atoms in total. The lowest BCUT2D eigenvalue weighted by molar-refractivity contribution is -0.120. The van der Waals surface area contributed by atoms with Crippen molar-refractivity contribution in [3.05, 3.63) is 70.2 Å². The monoisotopic (exact) mass is 387 g/mol. The Morgan fingerprint density at radius 2 is 1.81 bits per heavy atom. The van der Waals surface area contributed by atoms with Crippen LogP contribution in [0.4, 0.5) is 0 Å². The van der Waals surface area contributed by atoms with Crippen molar-refractivity contribution in [1.29, 1.82) is 0 Å². The van der Waals surface area contributed by atoms with Crippen molar-refractivity contribution in [1.82, 2.24) is 5.32 Å². The van der Waals surface area contributed by atoms with Crippen LogP contribution in [0, 0.1) is 0 Å². The molecule has 2 aromatic rings. The quantitative estimate of drug-likeness (QED) is 0.796. The minimum absolute atomic E-state index is 0.0917. The molecule has 2 aromatic carbocycles. The zero-order chi connectivity index (χ0) is 19.3. The third-order valence-corrected chi connectivity index (χ3v) is 5.31. The molecule has 1 fully saturated rings. The van der Waals surface area contributed by atoms with Gasteiger partial charge in [-0.15, -0.1) is 0 Å². The largest absolute Gasteiger partial charge is 0.478 e. The van der Waals surface area contributed by atoms with E-state index in [4.69, 9.17) is 21.4 Å². The number of hydrogen-bond donors (Lipinski definition) is 2. The molecule has 0 spiro atoms. The van der Waals surface area contributed by atoms with Gasteiger partial charge in [-0.2, -0.15) is 0 Å². The number of carboxylic acids is 1. The lowest BCUT2D eigenvalue weighted by Gasteiger charge is -2.38. The van der Waals surface area contributed by atoms with Crippen molar-refractivity contribution >= 4 is 23.5 Å². The second kappa shape index (κ2) is 8.55. The molecule has 0 radical (unpaired) electrons. The number of amides is 1. The summed E-state index contributed by atoms with van der Waals surface area (Å²) >= 11 is 6.17. The van der Waals surface area contributed by atoms with E-state index < -0.39 is 5.97 Å². The number of carboxylic acid groups (broad SMARTS) is 1. The van der Waals surface area contributed by atoms with Gasteiger partial charge in [0.15, 0.2) is 0 Å². The molecule has 0 atom stereocenters. The molecule has 0 bridgehead atoms. The predicted molar refractivity (Wildman–Crippen MR) is 103 cm³/mol. The van der Waals surface area contributed by atoms with E-state index in [1.54, 1.807) is 12.1 Å². The minimum atomic E-state index is -0.978. The molecular weight excluding hydrogens is 366 g/mol. The molecule has 0 aromatic heterocycles. The number of aromatic carboxylic acids is 1. The smallest absolute Gasteiger partial charge is 0.335 e. The number of halogens is 1. The van der Waals surface area contributed by atoms with Crippen molar-refractivity contribution in [3.8, 4) is 0 Å². The number of nitrogens with one attached hydrogen (secondary N) is 1. The van der Waals surface area contributed by atoms with Gasteiger partial charge in [0.25, 0.3) is 0 Å². The molecule has 1 heterocycles. The van der Waals surface area contributed by atoms with Crippen LogP contribution in [0.15, 0.2) is 48.5 Å². The molecule has 2 N–H and O–H groups in total. The number of carbonyl (C=O) groups is 2. The highest BCUT2D eigenvalue weighted by atomic mass is 35.5. The fraction of sp³-hybridized carbons (Fsp3) is 0.333.